The van der Waals surface area contributed by atoms with Crippen LogP contribution >= 0.6 is 0 Å². The van der Waals surface area contributed by atoms with E-state index in [-0.39, 0.29) is 24.6 Å². The van der Waals surface area contributed by atoms with Crippen LogP contribution in [0.1, 0.15) is 25.8 Å². The van der Waals surface area contributed by atoms with Crippen molar-refractivity contribution in [3.63, 3.8) is 0 Å². The third kappa shape index (κ3) is 3.97. The maximum absolute atomic E-state index is 12.1. The predicted octanol–water partition coefficient (Wildman–Crippen LogP) is 2.27. The molecule has 0 N–H and O–H groups in total. The van der Waals surface area contributed by atoms with Gasteiger partial charge >= 0.3 is 6.09 Å². The highest BCUT2D eigenvalue weighted by Gasteiger charge is 2.30. The maximum atomic E-state index is 12.1. The molecule has 1 aliphatic heterocycles. The topological polar surface area (TPSA) is 49.9 Å². The Balaban J connectivity index is 1.87. The van der Waals surface area contributed by atoms with Crippen LogP contribution in [0.3, 0.4) is 0 Å². The lowest BCUT2D eigenvalue weighted by Crippen LogP contribution is -2.55. The van der Waals surface area contributed by atoms with Crippen molar-refractivity contribution in [2.24, 2.45) is 0 Å². The maximum Gasteiger partial charge on any atom is 0.410 e. The molecule has 5 heteroatoms. The fourth-order valence-electron chi connectivity index (χ4n) is 2.60. The summed E-state index contributed by atoms with van der Waals surface area (Å²) in [5.41, 5.74) is 0.972. The van der Waals surface area contributed by atoms with Crippen LogP contribution in [-0.4, -0.2) is 47.5 Å². The van der Waals surface area contributed by atoms with Crippen molar-refractivity contribution < 1.29 is 14.3 Å². The van der Waals surface area contributed by atoms with Gasteiger partial charge in [-0.3, -0.25) is 4.79 Å². The van der Waals surface area contributed by atoms with E-state index in [1.807, 2.05) is 42.2 Å². The molecule has 114 valence electrons. The van der Waals surface area contributed by atoms with E-state index in [9.17, 15) is 9.59 Å². The quantitative estimate of drug-likeness (QED) is 0.858. The Kier molecular flexibility index (Phi) is 5.20. The number of piperazine rings is 1. The summed E-state index contributed by atoms with van der Waals surface area (Å²) in [4.78, 5) is 27.2. The fraction of sp³-hybridized carbons (Fsp3) is 0.500. The number of carbonyl (C=O) groups is 2. The highest BCUT2D eigenvalue weighted by molar-refractivity contribution is 5.74. The Morgan fingerprint density at radius 2 is 1.95 bits per heavy atom. The minimum absolute atomic E-state index is 0.0687. The third-order valence-corrected chi connectivity index (χ3v) is 3.82. The molecule has 21 heavy (non-hydrogen) atoms. The van der Waals surface area contributed by atoms with E-state index in [0.717, 1.165) is 12.0 Å². The molecule has 1 aliphatic rings. The van der Waals surface area contributed by atoms with Crippen LogP contribution in [-0.2, 0) is 16.1 Å². The standard InChI is InChI=1S/C16H22N2O3/c1-3-15-11-17(9-10-18(15)13(2)19)16(20)21-12-14-7-5-4-6-8-14/h4-8,15H,3,9-12H2,1-2H3/t15-/m1/s1. The number of rotatable bonds is 3. The van der Waals surface area contributed by atoms with Crippen molar-refractivity contribution in [2.75, 3.05) is 19.6 Å². The highest BCUT2D eigenvalue weighted by atomic mass is 16.6. The van der Waals surface area contributed by atoms with Gasteiger partial charge in [0.05, 0.1) is 0 Å². The van der Waals surface area contributed by atoms with Gasteiger partial charge < -0.3 is 14.5 Å². The molecule has 1 saturated heterocycles. The zero-order valence-corrected chi connectivity index (χ0v) is 12.6. The molecule has 0 saturated carbocycles. The first kappa shape index (κ1) is 15.4. The molecule has 2 rings (SSSR count). The molecule has 0 radical (unpaired) electrons. The monoisotopic (exact) mass is 290 g/mol. The molecule has 0 aliphatic carbocycles. The van der Waals surface area contributed by atoms with Crippen molar-refractivity contribution in [1.82, 2.24) is 9.80 Å². The van der Waals surface area contributed by atoms with Gasteiger partial charge in [0.2, 0.25) is 5.91 Å². The van der Waals surface area contributed by atoms with Crippen molar-refractivity contribution in [3.05, 3.63) is 35.9 Å². The number of hydrogen-bond acceptors (Lipinski definition) is 3. The van der Waals surface area contributed by atoms with Gasteiger partial charge in [0.25, 0.3) is 0 Å². The Labute approximate surface area is 125 Å². The van der Waals surface area contributed by atoms with Gasteiger partial charge in [-0.25, -0.2) is 4.79 Å². The molecule has 0 spiro atoms. The largest absolute Gasteiger partial charge is 0.445 e. The fourth-order valence-corrected chi connectivity index (χ4v) is 2.60. The molecular weight excluding hydrogens is 268 g/mol. The Bertz CT molecular complexity index is 490. The zero-order valence-electron chi connectivity index (χ0n) is 12.6. The summed E-state index contributed by atoms with van der Waals surface area (Å²) in [5, 5.41) is 0. The molecule has 2 amide bonds. The lowest BCUT2D eigenvalue weighted by atomic mass is 10.1. The Morgan fingerprint density at radius 3 is 2.57 bits per heavy atom. The average Bonchev–Trinajstić information content (AvgIpc) is 2.52. The Hall–Kier alpha value is -2.04. The lowest BCUT2D eigenvalue weighted by molar-refractivity contribution is -0.133. The van der Waals surface area contributed by atoms with Crippen LogP contribution in [0.4, 0.5) is 4.79 Å². The summed E-state index contributed by atoms with van der Waals surface area (Å²) in [6, 6.07) is 9.70. The first-order chi connectivity index (χ1) is 10.1. The predicted molar refractivity (Wildman–Crippen MR) is 79.7 cm³/mol. The molecule has 1 heterocycles. The first-order valence-electron chi connectivity index (χ1n) is 7.34. The molecule has 0 unspecified atom stereocenters. The Morgan fingerprint density at radius 1 is 1.24 bits per heavy atom. The van der Waals surface area contributed by atoms with Crippen molar-refractivity contribution in [3.8, 4) is 0 Å². The van der Waals surface area contributed by atoms with Gasteiger partial charge in [-0.05, 0) is 12.0 Å². The van der Waals surface area contributed by atoms with Gasteiger partial charge in [0, 0.05) is 32.6 Å². The molecule has 1 fully saturated rings. The zero-order chi connectivity index (χ0) is 15.2. The van der Waals surface area contributed by atoms with Gasteiger partial charge in [0.1, 0.15) is 6.61 Å². The van der Waals surface area contributed by atoms with Gasteiger partial charge in [-0.2, -0.15) is 0 Å². The van der Waals surface area contributed by atoms with Crippen LogP contribution < -0.4 is 0 Å². The van der Waals surface area contributed by atoms with E-state index < -0.39 is 0 Å². The second-order valence-corrected chi connectivity index (χ2v) is 5.26. The van der Waals surface area contributed by atoms with Crippen LogP contribution in [0, 0.1) is 0 Å². The second kappa shape index (κ2) is 7.11. The summed E-state index contributed by atoms with van der Waals surface area (Å²) in [6.07, 6.45) is 0.530. The first-order valence-corrected chi connectivity index (χ1v) is 7.34. The molecule has 1 aromatic rings. The van der Waals surface area contributed by atoms with Crippen molar-refractivity contribution in [2.45, 2.75) is 32.9 Å². The van der Waals surface area contributed by atoms with E-state index in [1.54, 1.807) is 11.8 Å². The van der Waals surface area contributed by atoms with E-state index >= 15 is 0 Å². The summed E-state index contributed by atoms with van der Waals surface area (Å²) < 4.78 is 5.34. The number of amides is 2. The molecule has 5 nitrogen and oxygen atoms in total. The normalized spacial score (nSPS) is 18.5. The number of hydrogen-bond donors (Lipinski definition) is 0. The van der Waals surface area contributed by atoms with Crippen molar-refractivity contribution >= 4 is 12.0 Å². The molecule has 0 bridgehead atoms. The van der Waals surface area contributed by atoms with E-state index in [0.29, 0.717) is 19.6 Å². The minimum Gasteiger partial charge on any atom is -0.445 e. The van der Waals surface area contributed by atoms with E-state index in [2.05, 4.69) is 0 Å². The molecule has 1 aromatic carbocycles. The summed E-state index contributed by atoms with van der Waals surface area (Å²) in [5.74, 6) is 0.0687. The van der Waals surface area contributed by atoms with Crippen LogP contribution in [0.25, 0.3) is 0 Å². The summed E-state index contributed by atoms with van der Waals surface area (Å²) in [6.45, 7) is 5.54. The summed E-state index contributed by atoms with van der Waals surface area (Å²) in [7, 11) is 0. The summed E-state index contributed by atoms with van der Waals surface area (Å²) >= 11 is 0. The third-order valence-electron chi connectivity index (χ3n) is 3.82. The smallest absolute Gasteiger partial charge is 0.410 e. The van der Waals surface area contributed by atoms with Crippen LogP contribution in [0.15, 0.2) is 30.3 Å². The van der Waals surface area contributed by atoms with Crippen LogP contribution in [0.5, 0.6) is 0 Å². The number of carbonyl (C=O) groups excluding carboxylic acids is 2. The number of ether oxygens (including phenoxy) is 1. The van der Waals surface area contributed by atoms with Gasteiger partial charge in [0.15, 0.2) is 0 Å². The highest BCUT2D eigenvalue weighted by Crippen LogP contribution is 2.14. The number of nitrogens with zero attached hydrogens (tertiary/aromatic N) is 2. The van der Waals surface area contributed by atoms with Crippen molar-refractivity contribution in [1.29, 1.82) is 0 Å². The van der Waals surface area contributed by atoms with E-state index in [1.165, 1.54) is 0 Å². The van der Waals surface area contributed by atoms with Gasteiger partial charge in [-0.1, -0.05) is 37.3 Å². The lowest BCUT2D eigenvalue weighted by Gasteiger charge is -2.40. The van der Waals surface area contributed by atoms with E-state index in [4.69, 9.17) is 4.74 Å². The minimum atomic E-state index is -0.305. The molecular formula is C16H22N2O3. The van der Waals surface area contributed by atoms with Crippen LogP contribution in [0.2, 0.25) is 0 Å². The number of benzene rings is 1. The van der Waals surface area contributed by atoms with Gasteiger partial charge in [-0.15, -0.1) is 0 Å². The molecule has 1 atom stereocenters. The SMILES string of the molecule is CC[C@@H]1CN(C(=O)OCc2ccccc2)CCN1C(C)=O. The average molecular weight is 290 g/mol. The second-order valence-electron chi connectivity index (χ2n) is 5.26. The molecule has 0 aromatic heterocycles.